The van der Waals surface area contributed by atoms with Crippen LogP contribution in [0.25, 0.3) is 0 Å². The van der Waals surface area contributed by atoms with E-state index in [2.05, 4.69) is 5.32 Å². The summed E-state index contributed by atoms with van der Waals surface area (Å²) >= 11 is 1.92. The molecule has 1 heterocycles. The van der Waals surface area contributed by atoms with Crippen LogP contribution in [0.2, 0.25) is 0 Å². The molecular formula is C12H12F2N2O2S2. The third kappa shape index (κ3) is 4.38. The largest absolute Gasteiger partial charge is 0.325 e. The van der Waals surface area contributed by atoms with Crippen molar-refractivity contribution in [1.82, 2.24) is 4.90 Å². The average Bonchev–Trinajstić information content (AvgIpc) is 2.77. The number of anilines is 1. The predicted octanol–water partition coefficient (Wildman–Crippen LogP) is 2.47. The van der Waals surface area contributed by atoms with Crippen molar-refractivity contribution in [3.05, 3.63) is 24.3 Å². The van der Waals surface area contributed by atoms with Crippen molar-refractivity contribution in [3.63, 3.8) is 0 Å². The Morgan fingerprint density at radius 1 is 1.40 bits per heavy atom. The highest BCUT2D eigenvalue weighted by molar-refractivity contribution is 8.00. The molecule has 1 aliphatic heterocycles. The first-order valence-electron chi connectivity index (χ1n) is 5.75. The lowest BCUT2D eigenvalue weighted by Crippen LogP contribution is -2.34. The predicted molar refractivity (Wildman–Crippen MR) is 76.0 cm³/mol. The monoisotopic (exact) mass is 318 g/mol. The highest BCUT2D eigenvalue weighted by Crippen LogP contribution is 2.26. The van der Waals surface area contributed by atoms with Crippen LogP contribution >= 0.6 is 23.5 Å². The first-order chi connectivity index (χ1) is 9.54. The van der Waals surface area contributed by atoms with Crippen LogP contribution in [0.5, 0.6) is 0 Å². The lowest BCUT2D eigenvalue weighted by molar-refractivity contribution is -0.130. The third-order valence-electron chi connectivity index (χ3n) is 2.52. The minimum atomic E-state index is -2.46. The number of benzene rings is 1. The second kappa shape index (κ2) is 6.94. The summed E-state index contributed by atoms with van der Waals surface area (Å²) in [5.41, 5.74) is 0.521. The highest BCUT2D eigenvalue weighted by Gasteiger charge is 2.22. The molecule has 20 heavy (non-hydrogen) atoms. The second-order valence-corrected chi connectivity index (χ2v) is 6.04. The van der Waals surface area contributed by atoms with Crippen molar-refractivity contribution in [3.8, 4) is 0 Å². The molecule has 0 bridgehead atoms. The highest BCUT2D eigenvalue weighted by atomic mass is 32.2. The zero-order valence-electron chi connectivity index (χ0n) is 10.3. The van der Waals surface area contributed by atoms with E-state index in [0.29, 0.717) is 34.0 Å². The van der Waals surface area contributed by atoms with Gasteiger partial charge >= 0.3 is 0 Å². The molecule has 1 saturated heterocycles. The summed E-state index contributed by atoms with van der Waals surface area (Å²) in [4.78, 5) is 25.0. The number of rotatable bonds is 5. The van der Waals surface area contributed by atoms with Crippen LogP contribution < -0.4 is 5.32 Å². The van der Waals surface area contributed by atoms with Crippen molar-refractivity contribution < 1.29 is 18.4 Å². The summed E-state index contributed by atoms with van der Waals surface area (Å²) in [6.45, 7) is 0.0133. The Kier molecular flexibility index (Phi) is 5.24. The fraction of sp³-hybridized carbons (Fsp3) is 0.333. The van der Waals surface area contributed by atoms with Gasteiger partial charge in [0.2, 0.25) is 11.8 Å². The van der Waals surface area contributed by atoms with E-state index in [1.807, 2.05) is 0 Å². The van der Waals surface area contributed by atoms with Gasteiger partial charge < -0.3 is 10.2 Å². The number of nitrogens with one attached hydrogen (secondary N) is 1. The van der Waals surface area contributed by atoms with Crippen LogP contribution in [0.4, 0.5) is 14.5 Å². The van der Waals surface area contributed by atoms with Crippen molar-refractivity contribution in [2.45, 2.75) is 10.7 Å². The molecule has 2 rings (SSSR count). The smallest absolute Gasteiger partial charge is 0.288 e. The van der Waals surface area contributed by atoms with E-state index in [4.69, 9.17) is 0 Å². The van der Waals surface area contributed by atoms with E-state index >= 15 is 0 Å². The molecule has 0 radical (unpaired) electrons. The average molecular weight is 318 g/mol. The molecule has 1 aromatic carbocycles. The van der Waals surface area contributed by atoms with E-state index in [-0.39, 0.29) is 18.4 Å². The molecule has 0 unspecified atom stereocenters. The van der Waals surface area contributed by atoms with Gasteiger partial charge in [-0.05, 0) is 24.3 Å². The molecule has 1 fully saturated rings. The fourth-order valence-electron chi connectivity index (χ4n) is 1.63. The first-order valence-corrected chi connectivity index (χ1v) is 7.78. The van der Waals surface area contributed by atoms with Crippen molar-refractivity contribution >= 4 is 41.0 Å². The van der Waals surface area contributed by atoms with Gasteiger partial charge in [-0.3, -0.25) is 9.59 Å². The summed E-state index contributed by atoms with van der Waals surface area (Å²) in [5.74, 6) is -1.87. The second-order valence-electron chi connectivity index (χ2n) is 4.02. The summed E-state index contributed by atoms with van der Waals surface area (Å²) in [6, 6.07) is 6.15. The molecule has 1 aromatic rings. The lowest BCUT2D eigenvalue weighted by atomic mass is 10.3. The van der Waals surface area contributed by atoms with Gasteiger partial charge in [0.25, 0.3) is 5.76 Å². The quantitative estimate of drug-likeness (QED) is 0.848. The standard InChI is InChI=1S/C12H12F2N2O2S2/c13-12(14)20-9-3-1-8(2-4-9)15-10(17)5-16-7-19-6-11(16)18/h1-4,12H,5-7H2,(H,15,17). The third-order valence-corrected chi connectivity index (χ3v) is 4.19. The molecule has 0 saturated carbocycles. The van der Waals surface area contributed by atoms with Crippen molar-refractivity contribution in [2.75, 3.05) is 23.5 Å². The number of carbonyl (C=O) groups is 2. The van der Waals surface area contributed by atoms with Crippen LogP contribution in [0.15, 0.2) is 29.2 Å². The number of hydrogen-bond donors (Lipinski definition) is 1. The number of amides is 2. The van der Waals surface area contributed by atoms with E-state index in [1.54, 1.807) is 12.1 Å². The first kappa shape index (κ1) is 15.1. The van der Waals surface area contributed by atoms with Gasteiger partial charge in [-0.25, -0.2) is 0 Å². The Morgan fingerprint density at radius 3 is 2.65 bits per heavy atom. The van der Waals surface area contributed by atoms with E-state index in [0.717, 1.165) is 0 Å². The number of hydrogen-bond acceptors (Lipinski definition) is 4. The molecule has 2 amide bonds. The zero-order chi connectivity index (χ0) is 14.5. The van der Waals surface area contributed by atoms with Gasteiger partial charge in [0.15, 0.2) is 0 Å². The van der Waals surface area contributed by atoms with Gasteiger partial charge in [0.1, 0.15) is 6.54 Å². The maximum absolute atomic E-state index is 12.1. The normalized spacial score (nSPS) is 14.9. The van der Waals surface area contributed by atoms with Gasteiger partial charge in [-0.1, -0.05) is 11.8 Å². The summed E-state index contributed by atoms with van der Waals surface area (Å²) in [5, 5.41) is 2.63. The van der Waals surface area contributed by atoms with E-state index in [1.165, 1.54) is 28.8 Å². The van der Waals surface area contributed by atoms with Gasteiger partial charge in [0.05, 0.1) is 11.6 Å². The molecule has 1 aliphatic rings. The molecule has 0 atom stereocenters. The van der Waals surface area contributed by atoms with Gasteiger partial charge in [-0.2, -0.15) is 8.78 Å². The Labute approximate surface area is 123 Å². The zero-order valence-corrected chi connectivity index (χ0v) is 12.0. The molecular weight excluding hydrogens is 306 g/mol. The minimum Gasteiger partial charge on any atom is -0.325 e. The number of halogens is 2. The van der Waals surface area contributed by atoms with Gasteiger partial charge in [-0.15, -0.1) is 11.8 Å². The molecule has 108 valence electrons. The SMILES string of the molecule is O=C(CN1CSCC1=O)Nc1ccc(SC(F)F)cc1. The summed E-state index contributed by atoms with van der Waals surface area (Å²) in [7, 11) is 0. The van der Waals surface area contributed by atoms with E-state index in [9.17, 15) is 18.4 Å². The van der Waals surface area contributed by atoms with E-state index < -0.39 is 5.76 Å². The molecule has 0 aromatic heterocycles. The Balaban J connectivity index is 1.86. The molecule has 1 N–H and O–H groups in total. The number of nitrogens with zero attached hydrogens (tertiary/aromatic N) is 1. The van der Waals surface area contributed by atoms with Crippen molar-refractivity contribution in [1.29, 1.82) is 0 Å². The van der Waals surface area contributed by atoms with Gasteiger partial charge in [0, 0.05) is 10.6 Å². The number of thioether (sulfide) groups is 2. The summed E-state index contributed by atoms with van der Waals surface area (Å²) in [6.07, 6.45) is 0. The number of carbonyl (C=O) groups excluding carboxylic acids is 2. The van der Waals surface area contributed by atoms with Crippen LogP contribution in [0, 0.1) is 0 Å². The molecule has 0 spiro atoms. The minimum absolute atomic E-state index is 0.0133. The van der Waals surface area contributed by atoms with Crippen molar-refractivity contribution in [2.24, 2.45) is 0 Å². The maximum Gasteiger partial charge on any atom is 0.288 e. The Morgan fingerprint density at radius 2 is 2.10 bits per heavy atom. The molecule has 4 nitrogen and oxygen atoms in total. The van der Waals surface area contributed by atoms with Crippen LogP contribution in [0.1, 0.15) is 0 Å². The molecule has 8 heteroatoms. The fourth-order valence-corrected chi connectivity index (χ4v) is 3.04. The molecule has 0 aliphatic carbocycles. The van der Waals surface area contributed by atoms with Crippen LogP contribution in [0.3, 0.4) is 0 Å². The topological polar surface area (TPSA) is 49.4 Å². The summed E-state index contributed by atoms with van der Waals surface area (Å²) < 4.78 is 24.3. The number of alkyl halides is 2. The maximum atomic E-state index is 12.1. The lowest BCUT2D eigenvalue weighted by Gasteiger charge is -2.14. The Bertz CT molecular complexity index is 497. The van der Waals surface area contributed by atoms with Crippen LogP contribution in [-0.4, -0.2) is 40.6 Å². The van der Waals surface area contributed by atoms with Crippen LogP contribution in [-0.2, 0) is 9.59 Å². The Hall–Kier alpha value is -1.28.